The lowest BCUT2D eigenvalue weighted by molar-refractivity contribution is 0.195. The minimum atomic E-state index is 0.246. The molecule has 1 aromatic carbocycles. The Bertz CT molecular complexity index is 415. The average Bonchev–Trinajstić information content (AvgIpc) is 2.41. The number of nitrogens with zero attached hydrogens (tertiary/aromatic N) is 2. The van der Waals surface area contributed by atoms with Gasteiger partial charge in [0.2, 0.25) is 0 Å². The van der Waals surface area contributed by atoms with E-state index in [1.807, 2.05) is 45.2 Å². The van der Waals surface area contributed by atoms with E-state index in [-0.39, 0.29) is 6.04 Å². The van der Waals surface area contributed by atoms with Crippen molar-refractivity contribution < 1.29 is 9.47 Å². The topological polar surface area (TPSA) is 45.5 Å². The Balaban J connectivity index is 2.43. The highest BCUT2D eigenvalue weighted by molar-refractivity contribution is 5.39. The van der Waals surface area contributed by atoms with E-state index in [0.717, 1.165) is 18.0 Å². The Kier molecular flexibility index (Phi) is 6.76. The molecule has 1 aromatic rings. The third-order valence-electron chi connectivity index (χ3n) is 2.99. The lowest BCUT2D eigenvalue weighted by atomic mass is 10.2. The van der Waals surface area contributed by atoms with E-state index in [2.05, 4.69) is 11.0 Å². The molecule has 1 rings (SSSR count). The van der Waals surface area contributed by atoms with Crippen LogP contribution in [0.3, 0.4) is 0 Å². The molecule has 4 heteroatoms. The second-order valence-electron chi connectivity index (χ2n) is 4.42. The fourth-order valence-electron chi connectivity index (χ4n) is 1.65. The van der Waals surface area contributed by atoms with Crippen LogP contribution in [0.1, 0.15) is 20.3 Å². The summed E-state index contributed by atoms with van der Waals surface area (Å²) < 4.78 is 11.2. The molecule has 1 unspecified atom stereocenters. The van der Waals surface area contributed by atoms with Crippen molar-refractivity contribution >= 4 is 0 Å². The van der Waals surface area contributed by atoms with Crippen molar-refractivity contribution in [3.8, 4) is 17.6 Å². The number of hydrogen-bond donors (Lipinski definition) is 0. The first-order chi connectivity index (χ1) is 9.19. The standard InChI is InChI=1S/C15H22N2O2/c1-4-18-14-7-5-6-8-15(14)19-12-11-17(3)13(2)9-10-16/h5-8,13H,4,9,11-12H2,1-3H3. The molecule has 19 heavy (non-hydrogen) atoms. The van der Waals surface area contributed by atoms with Gasteiger partial charge in [0.05, 0.1) is 19.1 Å². The van der Waals surface area contributed by atoms with E-state index in [9.17, 15) is 0 Å². The van der Waals surface area contributed by atoms with Crippen LogP contribution in [0.2, 0.25) is 0 Å². The largest absolute Gasteiger partial charge is 0.490 e. The summed E-state index contributed by atoms with van der Waals surface area (Å²) in [6.45, 7) is 5.98. The van der Waals surface area contributed by atoms with E-state index >= 15 is 0 Å². The molecule has 0 saturated heterocycles. The fourth-order valence-corrected chi connectivity index (χ4v) is 1.65. The average molecular weight is 262 g/mol. The van der Waals surface area contributed by atoms with Crippen molar-refractivity contribution in [2.75, 3.05) is 26.8 Å². The van der Waals surface area contributed by atoms with Crippen molar-refractivity contribution in [3.63, 3.8) is 0 Å². The molecule has 0 N–H and O–H groups in total. The molecule has 0 spiro atoms. The number of likely N-dealkylation sites (N-methyl/N-ethyl adjacent to an activating group) is 1. The van der Waals surface area contributed by atoms with Gasteiger partial charge in [-0.3, -0.25) is 4.90 Å². The van der Waals surface area contributed by atoms with Gasteiger partial charge < -0.3 is 9.47 Å². The van der Waals surface area contributed by atoms with Gasteiger partial charge in [-0.2, -0.15) is 5.26 Å². The molecule has 0 aromatic heterocycles. The summed E-state index contributed by atoms with van der Waals surface area (Å²) in [5.41, 5.74) is 0. The Morgan fingerprint density at radius 2 is 1.89 bits per heavy atom. The summed E-state index contributed by atoms with van der Waals surface area (Å²) in [6.07, 6.45) is 0.534. The van der Waals surface area contributed by atoms with Crippen LogP contribution in [0.5, 0.6) is 11.5 Å². The van der Waals surface area contributed by atoms with E-state index in [1.54, 1.807) is 0 Å². The first kappa shape index (κ1) is 15.3. The number of benzene rings is 1. The Morgan fingerprint density at radius 3 is 2.47 bits per heavy atom. The monoisotopic (exact) mass is 262 g/mol. The van der Waals surface area contributed by atoms with Crippen LogP contribution in [0, 0.1) is 11.3 Å². The maximum absolute atomic E-state index is 8.66. The zero-order valence-corrected chi connectivity index (χ0v) is 11.9. The summed E-state index contributed by atoms with van der Waals surface area (Å²) in [4.78, 5) is 2.12. The normalized spacial score (nSPS) is 11.9. The van der Waals surface area contributed by atoms with Crippen molar-refractivity contribution in [2.24, 2.45) is 0 Å². The van der Waals surface area contributed by atoms with Crippen LogP contribution in [0.4, 0.5) is 0 Å². The highest BCUT2D eigenvalue weighted by Gasteiger charge is 2.09. The zero-order chi connectivity index (χ0) is 14.1. The summed E-state index contributed by atoms with van der Waals surface area (Å²) in [5, 5.41) is 8.66. The van der Waals surface area contributed by atoms with Crippen LogP contribution >= 0.6 is 0 Å². The fraction of sp³-hybridized carbons (Fsp3) is 0.533. The number of para-hydroxylation sites is 2. The van der Waals surface area contributed by atoms with Crippen molar-refractivity contribution in [2.45, 2.75) is 26.3 Å². The highest BCUT2D eigenvalue weighted by atomic mass is 16.5. The molecular formula is C15H22N2O2. The van der Waals surface area contributed by atoms with Gasteiger partial charge in [-0.25, -0.2) is 0 Å². The Labute approximate surface area is 115 Å². The van der Waals surface area contributed by atoms with E-state index in [0.29, 0.717) is 19.6 Å². The molecule has 0 heterocycles. The van der Waals surface area contributed by atoms with Gasteiger partial charge in [0.15, 0.2) is 11.5 Å². The van der Waals surface area contributed by atoms with E-state index in [1.165, 1.54) is 0 Å². The molecule has 0 aliphatic rings. The quantitative estimate of drug-likeness (QED) is 0.722. The summed E-state index contributed by atoms with van der Waals surface area (Å²) >= 11 is 0. The molecule has 104 valence electrons. The van der Waals surface area contributed by atoms with Gasteiger partial charge in [0, 0.05) is 12.6 Å². The third kappa shape index (κ3) is 5.19. The van der Waals surface area contributed by atoms with Crippen LogP contribution in [0.25, 0.3) is 0 Å². The first-order valence-electron chi connectivity index (χ1n) is 6.60. The molecular weight excluding hydrogens is 240 g/mol. The van der Waals surface area contributed by atoms with Crippen LogP contribution in [-0.2, 0) is 0 Å². The maximum Gasteiger partial charge on any atom is 0.161 e. The molecule has 0 aliphatic heterocycles. The number of ether oxygens (including phenoxy) is 2. The molecule has 0 saturated carbocycles. The van der Waals surface area contributed by atoms with Gasteiger partial charge >= 0.3 is 0 Å². The van der Waals surface area contributed by atoms with Gasteiger partial charge in [0.25, 0.3) is 0 Å². The molecule has 0 fully saturated rings. The minimum Gasteiger partial charge on any atom is -0.490 e. The molecule has 0 amide bonds. The van der Waals surface area contributed by atoms with Crippen molar-refractivity contribution in [1.82, 2.24) is 4.90 Å². The second kappa shape index (κ2) is 8.39. The van der Waals surface area contributed by atoms with Crippen LogP contribution in [-0.4, -0.2) is 37.7 Å². The summed E-state index contributed by atoms with van der Waals surface area (Å²) in [7, 11) is 2.00. The third-order valence-corrected chi connectivity index (χ3v) is 2.99. The molecule has 4 nitrogen and oxygen atoms in total. The van der Waals surface area contributed by atoms with Gasteiger partial charge in [0.1, 0.15) is 6.61 Å². The van der Waals surface area contributed by atoms with E-state index < -0.39 is 0 Å². The number of hydrogen-bond acceptors (Lipinski definition) is 4. The minimum absolute atomic E-state index is 0.246. The van der Waals surface area contributed by atoms with E-state index in [4.69, 9.17) is 14.7 Å². The summed E-state index contributed by atoms with van der Waals surface area (Å²) in [5.74, 6) is 1.54. The number of nitriles is 1. The second-order valence-corrected chi connectivity index (χ2v) is 4.42. The lowest BCUT2D eigenvalue weighted by Gasteiger charge is -2.22. The first-order valence-corrected chi connectivity index (χ1v) is 6.60. The highest BCUT2D eigenvalue weighted by Crippen LogP contribution is 2.26. The van der Waals surface area contributed by atoms with Crippen molar-refractivity contribution in [3.05, 3.63) is 24.3 Å². The van der Waals surface area contributed by atoms with Gasteiger partial charge in [-0.1, -0.05) is 12.1 Å². The van der Waals surface area contributed by atoms with Gasteiger partial charge in [-0.15, -0.1) is 0 Å². The molecule has 1 atom stereocenters. The lowest BCUT2D eigenvalue weighted by Crippen LogP contribution is -2.32. The zero-order valence-electron chi connectivity index (χ0n) is 11.9. The Hall–Kier alpha value is -1.73. The molecule has 0 bridgehead atoms. The number of rotatable bonds is 8. The molecule has 0 radical (unpaired) electrons. The van der Waals surface area contributed by atoms with Crippen molar-refractivity contribution in [1.29, 1.82) is 5.26 Å². The smallest absolute Gasteiger partial charge is 0.161 e. The maximum atomic E-state index is 8.66. The Morgan fingerprint density at radius 1 is 1.26 bits per heavy atom. The predicted molar refractivity (Wildman–Crippen MR) is 75.4 cm³/mol. The molecule has 0 aliphatic carbocycles. The van der Waals surface area contributed by atoms with Crippen LogP contribution in [0.15, 0.2) is 24.3 Å². The van der Waals surface area contributed by atoms with Crippen LogP contribution < -0.4 is 9.47 Å². The van der Waals surface area contributed by atoms with Gasteiger partial charge in [-0.05, 0) is 33.0 Å². The SMILES string of the molecule is CCOc1ccccc1OCCN(C)C(C)CC#N. The summed E-state index contributed by atoms with van der Waals surface area (Å²) in [6, 6.07) is 10.1. The predicted octanol–water partition coefficient (Wildman–Crippen LogP) is 2.70.